The third-order valence-electron chi connectivity index (χ3n) is 4.71. The summed E-state index contributed by atoms with van der Waals surface area (Å²) in [5.74, 6) is 0.233. The van der Waals surface area contributed by atoms with Gasteiger partial charge in [-0.05, 0) is 35.7 Å². The van der Waals surface area contributed by atoms with Crippen molar-refractivity contribution in [2.75, 3.05) is 19.7 Å². The van der Waals surface area contributed by atoms with Crippen molar-refractivity contribution in [2.45, 2.75) is 12.5 Å². The maximum Gasteiger partial charge on any atom is 0.180 e. The van der Waals surface area contributed by atoms with Crippen LogP contribution >= 0.6 is 23.2 Å². The molecule has 4 nitrogen and oxygen atoms in total. The van der Waals surface area contributed by atoms with Gasteiger partial charge in [-0.15, -0.1) is 0 Å². The second-order valence-electron chi connectivity index (χ2n) is 6.37. The average Bonchev–Trinajstić information content (AvgIpc) is 2.86. The van der Waals surface area contributed by atoms with Crippen LogP contribution in [0.25, 0.3) is 10.9 Å². The lowest BCUT2D eigenvalue weighted by atomic mass is 10.0. The van der Waals surface area contributed by atoms with Crippen molar-refractivity contribution in [1.29, 1.82) is 0 Å². The summed E-state index contributed by atoms with van der Waals surface area (Å²) in [5.41, 5.74) is 2.19. The number of ketones is 1. The van der Waals surface area contributed by atoms with Gasteiger partial charge in [-0.2, -0.15) is 0 Å². The summed E-state index contributed by atoms with van der Waals surface area (Å²) >= 11 is 12.0. The first kappa shape index (κ1) is 17.4. The molecule has 0 amide bonds. The molecule has 0 spiro atoms. The molecule has 134 valence electrons. The summed E-state index contributed by atoms with van der Waals surface area (Å²) in [4.78, 5) is 12.9. The average molecular weight is 389 g/mol. The standard InChI is InChI=1S/C20H18Cl2N2O2/c21-14-5-6-20(16(22)10-14)26-12-19(25)15-11-23-7-8-24-17-4-2-1-3-13(17)9-18(15)24/h1-6,9-10,15,23H,7-8,11-12H2. The van der Waals surface area contributed by atoms with E-state index in [1.807, 2.05) is 12.1 Å². The minimum Gasteiger partial charge on any atom is -0.484 e. The van der Waals surface area contributed by atoms with Crippen LogP contribution < -0.4 is 10.1 Å². The van der Waals surface area contributed by atoms with Crippen LogP contribution in [0.5, 0.6) is 5.75 Å². The number of ether oxygens (including phenoxy) is 1. The predicted molar refractivity (Wildman–Crippen MR) is 105 cm³/mol. The van der Waals surface area contributed by atoms with Crippen LogP contribution in [0.1, 0.15) is 11.6 Å². The van der Waals surface area contributed by atoms with Gasteiger partial charge in [0, 0.05) is 35.9 Å². The van der Waals surface area contributed by atoms with Gasteiger partial charge in [-0.25, -0.2) is 0 Å². The van der Waals surface area contributed by atoms with Crippen molar-refractivity contribution in [1.82, 2.24) is 9.88 Å². The Hall–Kier alpha value is -2.01. The Kier molecular flexibility index (Phi) is 4.90. The van der Waals surface area contributed by atoms with E-state index in [0.29, 0.717) is 22.3 Å². The molecule has 0 saturated heterocycles. The van der Waals surface area contributed by atoms with Crippen molar-refractivity contribution < 1.29 is 9.53 Å². The number of hydrogen-bond donors (Lipinski definition) is 1. The molecule has 1 atom stereocenters. The topological polar surface area (TPSA) is 43.3 Å². The van der Waals surface area contributed by atoms with E-state index in [0.717, 1.165) is 29.7 Å². The molecule has 3 aromatic rings. The molecule has 1 aromatic heterocycles. The molecule has 1 N–H and O–H groups in total. The largest absolute Gasteiger partial charge is 0.484 e. The van der Waals surface area contributed by atoms with Crippen LogP contribution in [0.4, 0.5) is 0 Å². The Morgan fingerprint density at radius 1 is 1.19 bits per heavy atom. The third-order valence-corrected chi connectivity index (χ3v) is 5.24. The van der Waals surface area contributed by atoms with Gasteiger partial charge in [0.15, 0.2) is 5.78 Å². The number of Topliss-reactive ketones (excluding diaryl/α,β-unsaturated/α-hetero) is 1. The van der Waals surface area contributed by atoms with Gasteiger partial charge in [-0.1, -0.05) is 41.4 Å². The SMILES string of the molecule is O=C(COc1ccc(Cl)cc1Cl)C1CNCCn2c1cc1ccccc12. The molecular formula is C20H18Cl2N2O2. The highest BCUT2D eigenvalue weighted by molar-refractivity contribution is 6.35. The van der Waals surface area contributed by atoms with E-state index in [4.69, 9.17) is 27.9 Å². The molecule has 4 rings (SSSR count). The van der Waals surface area contributed by atoms with E-state index >= 15 is 0 Å². The van der Waals surface area contributed by atoms with Crippen molar-refractivity contribution in [3.8, 4) is 5.75 Å². The Bertz CT molecular complexity index is 968. The van der Waals surface area contributed by atoms with Crippen LogP contribution in [-0.4, -0.2) is 30.0 Å². The fraction of sp³-hybridized carbons (Fsp3) is 0.250. The van der Waals surface area contributed by atoms with E-state index < -0.39 is 0 Å². The molecule has 0 aliphatic carbocycles. The molecule has 2 heterocycles. The zero-order valence-electron chi connectivity index (χ0n) is 14.0. The Morgan fingerprint density at radius 2 is 2.04 bits per heavy atom. The van der Waals surface area contributed by atoms with E-state index in [1.54, 1.807) is 18.2 Å². The highest BCUT2D eigenvalue weighted by Gasteiger charge is 2.27. The summed E-state index contributed by atoms with van der Waals surface area (Å²) in [6.07, 6.45) is 0. The summed E-state index contributed by atoms with van der Waals surface area (Å²) in [6.45, 7) is 2.25. The Morgan fingerprint density at radius 3 is 2.88 bits per heavy atom. The van der Waals surface area contributed by atoms with Crippen molar-refractivity contribution in [2.24, 2.45) is 0 Å². The molecule has 2 aromatic carbocycles. The van der Waals surface area contributed by atoms with E-state index in [1.165, 1.54) is 0 Å². The quantitative estimate of drug-likeness (QED) is 0.724. The van der Waals surface area contributed by atoms with E-state index in [2.05, 4.69) is 28.1 Å². The summed E-state index contributed by atoms with van der Waals surface area (Å²) in [7, 11) is 0. The summed E-state index contributed by atoms with van der Waals surface area (Å²) in [5, 5.41) is 5.44. The molecule has 1 unspecified atom stereocenters. The lowest BCUT2D eigenvalue weighted by Crippen LogP contribution is -2.28. The van der Waals surface area contributed by atoms with Gasteiger partial charge < -0.3 is 14.6 Å². The number of benzene rings is 2. The van der Waals surface area contributed by atoms with Gasteiger partial charge in [-0.3, -0.25) is 4.79 Å². The molecular weight excluding hydrogens is 371 g/mol. The first-order chi connectivity index (χ1) is 12.6. The highest BCUT2D eigenvalue weighted by atomic mass is 35.5. The number of nitrogens with one attached hydrogen (secondary N) is 1. The molecule has 6 heteroatoms. The number of para-hydroxylation sites is 1. The van der Waals surface area contributed by atoms with E-state index in [9.17, 15) is 4.79 Å². The third kappa shape index (κ3) is 3.32. The lowest BCUT2D eigenvalue weighted by molar-refractivity contribution is -0.122. The molecule has 1 aliphatic heterocycles. The number of carbonyl (C=O) groups is 1. The Balaban J connectivity index is 1.58. The fourth-order valence-electron chi connectivity index (χ4n) is 3.43. The number of aromatic nitrogens is 1. The molecule has 1 aliphatic rings. The normalized spacial score (nSPS) is 16.9. The van der Waals surface area contributed by atoms with Crippen molar-refractivity contribution in [3.05, 3.63) is 64.3 Å². The van der Waals surface area contributed by atoms with Gasteiger partial charge >= 0.3 is 0 Å². The maximum atomic E-state index is 12.9. The highest BCUT2D eigenvalue weighted by Crippen LogP contribution is 2.30. The molecule has 0 radical (unpaired) electrons. The second-order valence-corrected chi connectivity index (χ2v) is 7.21. The zero-order valence-corrected chi connectivity index (χ0v) is 15.6. The number of nitrogens with zero attached hydrogens (tertiary/aromatic N) is 1. The minimum atomic E-state index is -0.254. The maximum absolute atomic E-state index is 12.9. The number of rotatable bonds is 4. The van der Waals surface area contributed by atoms with Gasteiger partial charge in [0.1, 0.15) is 12.4 Å². The van der Waals surface area contributed by atoms with Crippen LogP contribution in [0, 0.1) is 0 Å². The van der Waals surface area contributed by atoms with Gasteiger partial charge in [0.2, 0.25) is 0 Å². The Labute approximate surface area is 161 Å². The second kappa shape index (κ2) is 7.31. The smallest absolute Gasteiger partial charge is 0.180 e. The lowest BCUT2D eigenvalue weighted by Gasteiger charge is -2.16. The van der Waals surface area contributed by atoms with Crippen molar-refractivity contribution in [3.63, 3.8) is 0 Å². The van der Waals surface area contributed by atoms with Gasteiger partial charge in [0.25, 0.3) is 0 Å². The van der Waals surface area contributed by atoms with Crippen LogP contribution in [-0.2, 0) is 11.3 Å². The zero-order chi connectivity index (χ0) is 18.1. The monoisotopic (exact) mass is 388 g/mol. The molecule has 0 bridgehead atoms. The van der Waals surface area contributed by atoms with Crippen LogP contribution in [0.2, 0.25) is 10.0 Å². The number of halogens is 2. The molecule has 0 saturated carbocycles. The van der Waals surface area contributed by atoms with E-state index in [-0.39, 0.29) is 18.3 Å². The first-order valence-electron chi connectivity index (χ1n) is 8.53. The number of fused-ring (bicyclic) bond motifs is 3. The van der Waals surface area contributed by atoms with Crippen LogP contribution in [0.3, 0.4) is 0 Å². The fourth-order valence-corrected chi connectivity index (χ4v) is 3.90. The molecule has 26 heavy (non-hydrogen) atoms. The van der Waals surface area contributed by atoms with Crippen LogP contribution in [0.15, 0.2) is 48.5 Å². The minimum absolute atomic E-state index is 0.0227. The summed E-state index contributed by atoms with van der Waals surface area (Å²) < 4.78 is 7.89. The molecule has 0 fully saturated rings. The van der Waals surface area contributed by atoms with Crippen molar-refractivity contribution >= 4 is 39.9 Å². The summed E-state index contributed by atoms with van der Waals surface area (Å²) in [6, 6.07) is 15.3. The number of hydrogen-bond acceptors (Lipinski definition) is 3. The first-order valence-corrected chi connectivity index (χ1v) is 9.28. The number of carbonyl (C=O) groups excluding carboxylic acids is 1. The predicted octanol–water partition coefficient (Wildman–Crippen LogP) is 4.28. The van der Waals surface area contributed by atoms with Gasteiger partial charge in [0.05, 0.1) is 10.9 Å².